The van der Waals surface area contributed by atoms with Gasteiger partial charge >= 0.3 is 0 Å². The summed E-state index contributed by atoms with van der Waals surface area (Å²) in [6, 6.07) is 5.96. The lowest BCUT2D eigenvalue weighted by Gasteiger charge is -2.15. The van der Waals surface area contributed by atoms with Crippen LogP contribution in [0.15, 0.2) is 18.2 Å². The molecule has 1 aliphatic rings. The Morgan fingerprint density at radius 2 is 2.00 bits per heavy atom. The summed E-state index contributed by atoms with van der Waals surface area (Å²) in [6.45, 7) is 6.05. The zero-order valence-corrected chi connectivity index (χ0v) is 9.58. The van der Waals surface area contributed by atoms with Crippen molar-refractivity contribution in [2.24, 2.45) is 0 Å². The van der Waals surface area contributed by atoms with E-state index in [1.165, 1.54) is 0 Å². The fourth-order valence-corrected chi connectivity index (χ4v) is 1.73. The predicted octanol–water partition coefficient (Wildman–Crippen LogP) is 2.76. The highest BCUT2D eigenvalue weighted by atomic mass is 16.5. The molecule has 1 aromatic carbocycles. The fourth-order valence-electron chi connectivity index (χ4n) is 1.73. The first-order valence-electron chi connectivity index (χ1n) is 5.51. The highest BCUT2D eigenvalue weighted by molar-refractivity contribution is 5.40. The predicted molar refractivity (Wildman–Crippen MR) is 60.1 cm³/mol. The van der Waals surface area contributed by atoms with Gasteiger partial charge in [-0.05, 0) is 56.9 Å². The Bertz CT molecular complexity index is 365. The van der Waals surface area contributed by atoms with Gasteiger partial charge in [-0.25, -0.2) is 0 Å². The first kappa shape index (κ1) is 10.5. The Labute approximate surface area is 90.9 Å². The topological polar surface area (TPSA) is 29.5 Å². The standard InChI is InChI=1S/C13H18O2/c1-9(2)15-12-5-4-11(8-10(12)3)13(14)6-7-13/h4-5,8-9,14H,6-7H2,1-3H3. The minimum absolute atomic E-state index is 0.193. The maximum atomic E-state index is 9.96. The molecule has 0 unspecified atom stereocenters. The normalized spacial score (nSPS) is 17.9. The highest BCUT2D eigenvalue weighted by Crippen LogP contribution is 2.46. The molecule has 1 fully saturated rings. The number of aryl methyl sites for hydroxylation is 1. The summed E-state index contributed by atoms with van der Waals surface area (Å²) >= 11 is 0. The lowest BCUT2D eigenvalue weighted by molar-refractivity contribution is 0.151. The lowest BCUT2D eigenvalue weighted by Crippen LogP contribution is -2.08. The van der Waals surface area contributed by atoms with Gasteiger partial charge in [-0.1, -0.05) is 6.07 Å². The summed E-state index contributed by atoms with van der Waals surface area (Å²) in [7, 11) is 0. The van der Waals surface area contributed by atoms with Crippen molar-refractivity contribution < 1.29 is 9.84 Å². The SMILES string of the molecule is Cc1cc(C2(O)CC2)ccc1OC(C)C. The maximum Gasteiger partial charge on any atom is 0.122 e. The van der Waals surface area contributed by atoms with E-state index in [1.807, 2.05) is 39.0 Å². The van der Waals surface area contributed by atoms with Crippen LogP contribution in [0.25, 0.3) is 0 Å². The van der Waals surface area contributed by atoms with E-state index in [-0.39, 0.29) is 6.10 Å². The number of hydrogen-bond acceptors (Lipinski definition) is 2. The van der Waals surface area contributed by atoms with E-state index in [4.69, 9.17) is 4.74 Å². The molecule has 0 radical (unpaired) electrons. The molecule has 0 bridgehead atoms. The summed E-state index contributed by atoms with van der Waals surface area (Å²) < 4.78 is 5.65. The number of aliphatic hydroxyl groups is 1. The second-order valence-corrected chi connectivity index (χ2v) is 4.68. The molecule has 0 aromatic heterocycles. The molecule has 0 aliphatic heterocycles. The van der Waals surface area contributed by atoms with Crippen molar-refractivity contribution in [3.8, 4) is 5.75 Å². The summed E-state index contributed by atoms with van der Waals surface area (Å²) in [5.74, 6) is 0.915. The van der Waals surface area contributed by atoms with Crippen molar-refractivity contribution in [3.63, 3.8) is 0 Å². The quantitative estimate of drug-likeness (QED) is 0.824. The van der Waals surface area contributed by atoms with Gasteiger partial charge in [0, 0.05) is 0 Å². The van der Waals surface area contributed by atoms with Crippen LogP contribution >= 0.6 is 0 Å². The van der Waals surface area contributed by atoms with Crippen LogP contribution in [0.4, 0.5) is 0 Å². The largest absolute Gasteiger partial charge is 0.491 e. The fraction of sp³-hybridized carbons (Fsp3) is 0.538. The van der Waals surface area contributed by atoms with Crippen molar-refractivity contribution in [2.45, 2.75) is 45.3 Å². The first-order chi connectivity index (χ1) is 7.01. The van der Waals surface area contributed by atoms with Crippen LogP contribution in [-0.4, -0.2) is 11.2 Å². The van der Waals surface area contributed by atoms with Crippen LogP contribution < -0.4 is 4.74 Å². The minimum atomic E-state index is -0.541. The van der Waals surface area contributed by atoms with Crippen molar-refractivity contribution in [1.82, 2.24) is 0 Å². The number of hydrogen-bond donors (Lipinski definition) is 1. The van der Waals surface area contributed by atoms with E-state index in [2.05, 4.69) is 0 Å². The Kier molecular flexibility index (Phi) is 2.47. The van der Waals surface area contributed by atoms with E-state index in [0.29, 0.717) is 0 Å². The van der Waals surface area contributed by atoms with E-state index >= 15 is 0 Å². The average molecular weight is 206 g/mol. The maximum absolute atomic E-state index is 9.96. The molecule has 1 N–H and O–H groups in total. The van der Waals surface area contributed by atoms with Gasteiger partial charge in [0.15, 0.2) is 0 Å². The van der Waals surface area contributed by atoms with Crippen LogP contribution in [0, 0.1) is 6.92 Å². The summed E-state index contributed by atoms with van der Waals surface area (Å²) in [4.78, 5) is 0. The van der Waals surface area contributed by atoms with Crippen LogP contribution in [-0.2, 0) is 5.60 Å². The average Bonchev–Trinajstić information content (AvgIpc) is 2.88. The molecule has 2 nitrogen and oxygen atoms in total. The Morgan fingerprint density at radius 1 is 1.33 bits per heavy atom. The number of ether oxygens (including phenoxy) is 1. The molecule has 0 spiro atoms. The molecule has 2 heteroatoms. The first-order valence-corrected chi connectivity index (χ1v) is 5.51. The van der Waals surface area contributed by atoms with Gasteiger partial charge in [-0.15, -0.1) is 0 Å². The Morgan fingerprint density at radius 3 is 2.47 bits per heavy atom. The molecule has 0 saturated heterocycles. The van der Waals surface area contributed by atoms with Gasteiger partial charge in [0.05, 0.1) is 11.7 Å². The van der Waals surface area contributed by atoms with Crippen LogP contribution in [0.1, 0.15) is 37.8 Å². The molecule has 2 rings (SSSR count). The third-order valence-corrected chi connectivity index (χ3v) is 2.80. The monoisotopic (exact) mass is 206 g/mol. The van der Waals surface area contributed by atoms with Gasteiger partial charge in [0.1, 0.15) is 5.75 Å². The minimum Gasteiger partial charge on any atom is -0.491 e. The highest BCUT2D eigenvalue weighted by Gasteiger charge is 2.42. The molecule has 0 amide bonds. The molecule has 0 atom stereocenters. The zero-order chi connectivity index (χ0) is 11.1. The molecule has 1 saturated carbocycles. The van der Waals surface area contributed by atoms with Gasteiger partial charge in [-0.2, -0.15) is 0 Å². The Balaban J connectivity index is 2.23. The second kappa shape index (κ2) is 3.53. The van der Waals surface area contributed by atoms with Crippen LogP contribution in [0.5, 0.6) is 5.75 Å². The molecule has 82 valence electrons. The number of rotatable bonds is 3. The van der Waals surface area contributed by atoms with Crippen LogP contribution in [0.3, 0.4) is 0 Å². The summed E-state index contributed by atoms with van der Waals surface area (Å²) in [5, 5.41) is 9.96. The third-order valence-electron chi connectivity index (χ3n) is 2.80. The van der Waals surface area contributed by atoms with Gasteiger partial charge in [0.25, 0.3) is 0 Å². The van der Waals surface area contributed by atoms with Gasteiger partial charge < -0.3 is 9.84 Å². The van der Waals surface area contributed by atoms with Gasteiger partial charge in [-0.3, -0.25) is 0 Å². The molecular weight excluding hydrogens is 188 g/mol. The van der Waals surface area contributed by atoms with E-state index < -0.39 is 5.60 Å². The van der Waals surface area contributed by atoms with Crippen LogP contribution in [0.2, 0.25) is 0 Å². The second-order valence-electron chi connectivity index (χ2n) is 4.68. The van der Waals surface area contributed by atoms with Crippen molar-refractivity contribution >= 4 is 0 Å². The molecular formula is C13H18O2. The molecule has 1 aromatic rings. The molecule has 0 heterocycles. The van der Waals surface area contributed by atoms with Crippen molar-refractivity contribution in [3.05, 3.63) is 29.3 Å². The van der Waals surface area contributed by atoms with Gasteiger partial charge in [0.2, 0.25) is 0 Å². The van der Waals surface area contributed by atoms with E-state index in [9.17, 15) is 5.11 Å². The molecule has 15 heavy (non-hydrogen) atoms. The molecule has 1 aliphatic carbocycles. The summed E-state index contributed by atoms with van der Waals surface area (Å²) in [6.07, 6.45) is 1.96. The van der Waals surface area contributed by atoms with E-state index in [0.717, 1.165) is 29.7 Å². The lowest BCUT2D eigenvalue weighted by atomic mass is 10.0. The summed E-state index contributed by atoms with van der Waals surface area (Å²) in [5.41, 5.74) is 1.58. The third kappa shape index (κ3) is 2.15. The van der Waals surface area contributed by atoms with Crippen molar-refractivity contribution in [2.75, 3.05) is 0 Å². The Hall–Kier alpha value is -1.02. The zero-order valence-electron chi connectivity index (χ0n) is 9.58. The van der Waals surface area contributed by atoms with E-state index in [1.54, 1.807) is 0 Å². The smallest absolute Gasteiger partial charge is 0.122 e. The van der Waals surface area contributed by atoms with Crippen molar-refractivity contribution in [1.29, 1.82) is 0 Å². The number of benzene rings is 1.